The van der Waals surface area contributed by atoms with E-state index in [2.05, 4.69) is 0 Å². The van der Waals surface area contributed by atoms with E-state index in [1.54, 1.807) is 0 Å². The molecular weight excluding hydrogens is 226 g/mol. The molecule has 1 saturated carbocycles. The molecule has 2 unspecified atom stereocenters. The minimum atomic E-state index is 0.230. The van der Waals surface area contributed by atoms with Crippen LogP contribution in [0.5, 0.6) is 5.75 Å². The van der Waals surface area contributed by atoms with Gasteiger partial charge in [0.25, 0.3) is 0 Å². The Labute approximate surface area is 109 Å². The third kappa shape index (κ3) is 4.31. The molecule has 2 rings (SSSR count). The number of nitrogens with two attached hydrogens (primary N) is 1. The van der Waals surface area contributed by atoms with Crippen molar-refractivity contribution in [1.29, 1.82) is 0 Å². The van der Waals surface area contributed by atoms with Gasteiger partial charge in [-0.3, -0.25) is 0 Å². The third-order valence-corrected chi connectivity index (χ3v) is 3.39. The van der Waals surface area contributed by atoms with Crippen LogP contribution in [0, 0.1) is 0 Å². The molecule has 18 heavy (non-hydrogen) atoms. The lowest BCUT2D eigenvalue weighted by molar-refractivity contribution is 0.0100. The fraction of sp³-hybridized carbons (Fsp3) is 0.600. The number of benzene rings is 1. The minimum Gasteiger partial charge on any atom is -0.494 e. The summed E-state index contributed by atoms with van der Waals surface area (Å²) in [4.78, 5) is 0. The predicted octanol–water partition coefficient (Wildman–Crippen LogP) is 2.74. The summed E-state index contributed by atoms with van der Waals surface area (Å²) in [5.74, 6) is 0.923. The fourth-order valence-corrected chi connectivity index (χ4v) is 2.33. The number of rotatable bonds is 6. The van der Waals surface area contributed by atoms with E-state index in [1.807, 2.05) is 30.3 Å². The molecule has 2 atom stereocenters. The van der Waals surface area contributed by atoms with Gasteiger partial charge in [0.2, 0.25) is 0 Å². The van der Waals surface area contributed by atoms with Gasteiger partial charge < -0.3 is 15.2 Å². The van der Waals surface area contributed by atoms with Crippen molar-refractivity contribution >= 4 is 0 Å². The zero-order chi connectivity index (χ0) is 12.6. The zero-order valence-electron chi connectivity index (χ0n) is 10.9. The maximum absolute atomic E-state index is 6.03. The molecule has 100 valence electrons. The lowest BCUT2D eigenvalue weighted by Crippen LogP contribution is -2.39. The van der Waals surface area contributed by atoms with Crippen molar-refractivity contribution in [3.63, 3.8) is 0 Å². The van der Waals surface area contributed by atoms with E-state index in [4.69, 9.17) is 15.2 Å². The zero-order valence-corrected chi connectivity index (χ0v) is 10.9. The number of para-hydroxylation sites is 1. The average Bonchev–Trinajstić information content (AvgIpc) is 2.42. The summed E-state index contributed by atoms with van der Waals surface area (Å²) in [5, 5.41) is 0. The van der Waals surface area contributed by atoms with Gasteiger partial charge in [0.1, 0.15) is 5.75 Å². The molecule has 0 aliphatic heterocycles. The van der Waals surface area contributed by atoms with Crippen LogP contribution in [0.1, 0.15) is 32.1 Å². The summed E-state index contributed by atoms with van der Waals surface area (Å²) < 4.78 is 11.4. The summed E-state index contributed by atoms with van der Waals surface area (Å²) in [7, 11) is 0. The molecule has 0 aromatic heterocycles. The van der Waals surface area contributed by atoms with Gasteiger partial charge in [-0.05, 0) is 25.0 Å². The monoisotopic (exact) mass is 249 g/mol. The normalized spacial score (nSPS) is 23.8. The van der Waals surface area contributed by atoms with Gasteiger partial charge in [-0.1, -0.05) is 31.0 Å². The standard InChI is InChI=1S/C15H23NO2/c16-14-9-4-5-10-15(14)18-12-6-11-17-13-7-2-1-3-8-13/h1-3,7-8,14-15H,4-6,9-12,16H2. The molecule has 1 aliphatic carbocycles. The Morgan fingerprint density at radius 2 is 1.83 bits per heavy atom. The first-order valence-electron chi connectivity index (χ1n) is 6.91. The van der Waals surface area contributed by atoms with Crippen LogP contribution in [-0.2, 0) is 4.74 Å². The van der Waals surface area contributed by atoms with Crippen molar-refractivity contribution in [2.75, 3.05) is 13.2 Å². The van der Waals surface area contributed by atoms with Gasteiger partial charge in [-0.25, -0.2) is 0 Å². The van der Waals surface area contributed by atoms with E-state index in [-0.39, 0.29) is 12.1 Å². The second kappa shape index (κ2) is 7.39. The average molecular weight is 249 g/mol. The molecule has 3 nitrogen and oxygen atoms in total. The van der Waals surface area contributed by atoms with Crippen LogP contribution < -0.4 is 10.5 Å². The van der Waals surface area contributed by atoms with Crippen molar-refractivity contribution in [2.45, 2.75) is 44.2 Å². The van der Waals surface area contributed by atoms with Crippen LogP contribution in [0.25, 0.3) is 0 Å². The van der Waals surface area contributed by atoms with Crippen molar-refractivity contribution in [3.05, 3.63) is 30.3 Å². The quantitative estimate of drug-likeness (QED) is 0.788. The van der Waals surface area contributed by atoms with Gasteiger partial charge in [0, 0.05) is 12.5 Å². The van der Waals surface area contributed by atoms with E-state index < -0.39 is 0 Å². The first-order chi connectivity index (χ1) is 8.86. The number of ether oxygens (including phenoxy) is 2. The molecule has 1 aromatic rings. The maximum Gasteiger partial charge on any atom is 0.119 e. The molecule has 1 aliphatic rings. The molecule has 2 N–H and O–H groups in total. The lowest BCUT2D eigenvalue weighted by atomic mass is 9.93. The highest BCUT2D eigenvalue weighted by Gasteiger charge is 2.21. The van der Waals surface area contributed by atoms with Gasteiger partial charge in [0.05, 0.1) is 19.3 Å². The van der Waals surface area contributed by atoms with Crippen LogP contribution in [0.15, 0.2) is 30.3 Å². The molecule has 0 spiro atoms. The smallest absolute Gasteiger partial charge is 0.119 e. The van der Waals surface area contributed by atoms with Crippen molar-refractivity contribution in [3.8, 4) is 5.75 Å². The summed E-state index contributed by atoms with van der Waals surface area (Å²) in [6.45, 7) is 1.44. The third-order valence-electron chi connectivity index (χ3n) is 3.39. The minimum absolute atomic E-state index is 0.230. The van der Waals surface area contributed by atoms with Gasteiger partial charge in [-0.15, -0.1) is 0 Å². The Morgan fingerprint density at radius 3 is 2.61 bits per heavy atom. The number of hydrogen-bond acceptors (Lipinski definition) is 3. The van der Waals surface area contributed by atoms with E-state index in [9.17, 15) is 0 Å². The van der Waals surface area contributed by atoms with E-state index in [0.717, 1.165) is 31.6 Å². The first-order valence-corrected chi connectivity index (χ1v) is 6.91. The molecule has 0 saturated heterocycles. The van der Waals surface area contributed by atoms with Crippen molar-refractivity contribution in [2.24, 2.45) is 5.73 Å². The Hall–Kier alpha value is -1.06. The SMILES string of the molecule is NC1CCCCC1OCCCOc1ccccc1. The van der Waals surface area contributed by atoms with Crippen LogP contribution in [0.2, 0.25) is 0 Å². The fourth-order valence-electron chi connectivity index (χ4n) is 2.33. The van der Waals surface area contributed by atoms with Crippen molar-refractivity contribution < 1.29 is 9.47 Å². The van der Waals surface area contributed by atoms with Gasteiger partial charge in [-0.2, -0.15) is 0 Å². The largest absolute Gasteiger partial charge is 0.494 e. The maximum atomic E-state index is 6.03. The number of hydrogen-bond donors (Lipinski definition) is 1. The topological polar surface area (TPSA) is 44.5 Å². The molecule has 1 fully saturated rings. The second-order valence-corrected chi connectivity index (χ2v) is 4.87. The lowest BCUT2D eigenvalue weighted by Gasteiger charge is -2.28. The summed E-state index contributed by atoms with van der Waals surface area (Å²) >= 11 is 0. The molecule has 0 heterocycles. The highest BCUT2D eigenvalue weighted by atomic mass is 16.5. The predicted molar refractivity (Wildman–Crippen MR) is 72.7 cm³/mol. The Morgan fingerprint density at radius 1 is 1.06 bits per heavy atom. The van der Waals surface area contributed by atoms with Crippen LogP contribution in [0.3, 0.4) is 0 Å². The van der Waals surface area contributed by atoms with Crippen molar-refractivity contribution in [1.82, 2.24) is 0 Å². The summed E-state index contributed by atoms with van der Waals surface area (Å²) in [5.41, 5.74) is 6.03. The molecular formula is C15H23NO2. The first kappa shape index (κ1) is 13.4. The summed E-state index contributed by atoms with van der Waals surface area (Å²) in [6.07, 6.45) is 5.89. The highest BCUT2D eigenvalue weighted by Crippen LogP contribution is 2.19. The molecule has 3 heteroatoms. The Bertz CT molecular complexity index is 329. The van der Waals surface area contributed by atoms with Crippen LogP contribution in [0.4, 0.5) is 0 Å². The van der Waals surface area contributed by atoms with Crippen LogP contribution in [-0.4, -0.2) is 25.4 Å². The molecule has 0 bridgehead atoms. The second-order valence-electron chi connectivity index (χ2n) is 4.87. The molecule has 0 radical (unpaired) electrons. The van der Waals surface area contributed by atoms with Gasteiger partial charge in [0.15, 0.2) is 0 Å². The van der Waals surface area contributed by atoms with E-state index in [0.29, 0.717) is 6.61 Å². The van der Waals surface area contributed by atoms with Gasteiger partial charge >= 0.3 is 0 Å². The van der Waals surface area contributed by atoms with E-state index in [1.165, 1.54) is 12.8 Å². The Balaban J connectivity index is 1.56. The molecule has 0 amide bonds. The van der Waals surface area contributed by atoms with E-state index >= 15 is 0 Å². The highest BCUT2D eigenvalue weighted by molar-refractivity contribution is 5.20. The summed E-state index contributed by atoms with van der Waals surface area (Å²) in [6, 6.07) is 10.1. The Kier molecular flexibility index (Phi) is 5.49. The molecule has 1 aromatic carbocycles. The van der Waals surface area contributed by atoms with Crippen LogP contribution >= 0.6 is 0 Å².